The lowest BCUT2D eigenvalue weighted by Gasteiger charge is -2.09. The third kappa shape index (κ3) is 2.69. The molecule has 2 amide bonds. The average molecular weight is 281 g/mol. The van der Waals surface area contributed by atoms with Crippen molar-refractivity contribution in [1.29, 1.82) is 0 Å². The van der Waals surface area contributed by atoms with E-state index in [1.54, 1.807) is 10.6 Å². The molecule has 1 aromatic carbocycles. The molecule has 3 aromatic rings. The van der Waals surface area contributed by atoms with Gasteiger partial charge in [0.05, 0.1) is 0 Å². The highest BCUT2D eigenvalue weighted by Crippen LogP contribution is 2.16. The van der Waals surface area contributed by atoms with Crippen molar-refractivity contribution in [3.05, 3.63) is 53.7 Å². The quantitative estimate of drug-likeness (QED) is 0.758. The van der Waals surface area contributed by atoms with E-state index in [4.69, 9.17) is 0 Å². The molecule has 0 spiro atoms. The van der Waals surface area contributed by atoms with Crippen LogP contribution in [0.15, 0.2) is 42.6 Å². The van der Waals surface area contributed by atoms with Crippen LogP contribution in [0.3, 0.4) is 0 Å². The maximum atomic E-state index is 12.1. The van der Waals surface area contributed by atoms with E-state index in [9.17, 15) is 4.79 Å². The SMILES string of the molecule is Cc1ccc(C)c(NC(=O)Nc2nnc3ccccn23)c1. The van der Waals surface area contributed by atoms with Gasteiger partial charge in [0.25, 0.3) is 0 Å². The Kier molecular flexibility index (Phi) is 3.27. The molecular formula is C15H15N5O. The summed E-state index contributed by atoms with van der Waals surface area (Å²) in [5, 5.41) is 13.5. The van der Waals surface area contributed by atoms with Crippen LogP contribution in [0.25, 0.3) is 5.65 Å². The van der Waals surface area contributed by atoms with Crippen LogP contribution in [0.1, 0.15) is 11.1 Å². The minimum absolute atomic E-state index is 0.346. The highest BCUT2D eigenvalue weighted by atomic mass is 16.2. The average Bonchev–Trinajstić information content (AvgIpc) is 2.86. The molecule has 0 radical (unpaired) electrons. The summed E-state index contributed by atoms with van der Waals surface area (Å²) in [6.45, 7) is 3.93. The number of nitrogens with one attached hydrogen (secondary N) is 2. The molecule has 2 N–H and O–H groups in total. The third-order valence-electron chi connectivity index (χ3n) is 3.18. The van der Waals surface area contributed by atoms with Gasteiger partial charge in [0.15, 0.2) is 5.65 Å². The molecule has 0 fully saturated rings. The van der Waals surface area contributed by atoms with Crippen molar-refractivity contribution in [2.75, 3.05) is 10.6 Å². The van der Waals surface area contributed by atoms with E-state index >= 15 is 0 Å². The summed E-state index contributed by atoms with van der Waals surface area (Å²) < 4.78 is 1.71. The number of hydrogen-bond donors (Lipinski definition) is 2. The molecule has 0 unspecified atom stereocenters. The van der Waals surface area contributed by atoms with E-state index in [2.05, 4.69) is 20.8 Å². The van der Waals surface area contributed by atoms with Crippen LogP contribution in [0.5, 0.6) is 0 Å². The summed E-state index contributed by atoms with van der Waals surface area (Å²) in [5.41, 5.74) is 3.55. The second kappa shape index (κ2) is 5.24. The summed E-state index contributed by atoms with van der Waals surface area (Å²) in [7, 11) is 0. The number of carbonyl (C=O) groups excluding carboxylic acids is 1. The number of aromatic nitrogens is 3. The van der Waals surface area contributed by atoms with Crippen LogP contribution in [0.2, 0.25) is 0 Å². The summed E-state index contributed by atoms with van der Waals surface area (Å²) in [5.74, 6) is 0.383. The molecule has 0 saturated heterocycles. The van der Waals surface area contributed by atoms with Crippen LogP contribution in [0.4, 0.5) is 16.4 Å². The monoisotopic (exact) mass is 281 g/mol. The summed E-state index contributed by atoms with van der Waals surface area (Å²) >= 11 is 0. The van der Waals surface area contributed by atoms with E-state index in [1.165, 1.54) is 0 Å². The lowest BCUT2D eigenvalue weighted by atomic mass is 10.1. The Balaban J connectivity index is 1.79. The van der Waals surface area contributed by atoms with Crippen molar-refractivity contribution in [2.45, 2.75) is 13.8 Å². The number of amides is 2. The Morgan fingerprint density at radius 3 is 2.81 bits per heavy atom. The first kappa shape index (κ1) is 13.1. The fourth-order valence-electron chi connectivity index (χ4n) is 2.05. The third-order valence-corrected chi connectivity index (χ3v) is 3.18. The van der Waals surface area contributed by atoms with E-state index < -0.39 is 0 Å². The number of aryl methyl sites for hydroxylation is 2. The van der Waals surface area contributed by atoms with Gasteiger partial charge in [-0.3, -0.25) is 9.72 Å². The van der Waals surface area contributed by atoms with Gasteiger partial charge in [-0.2, -0.15) is 0 Å². The Morgan fingerprint density at radius 2 is 1.95 bits per heavy atom. The predicted octanol–water partition coefficient (Wildman–Crippen LogP) is 2.99. The normalized spacial score (nSPS) is 10.6. The Labute approximate surface area is 121 Å². The largest absolute Gasteiger partial charge is 0.326 e. The predicted molar refractivity (Wildman–Crippen MR) is 81.5 cm³/mol. The van der Waals surface area contributed by atoms with Gasteiger partial charge in [-0.1, -0.05) is 18.2 Å². The topological polar surface area (TPSA) is 71.3 Å². The minimum atomic E-state index is -0.346. The van der Waals surface area contributed by atoms with Gasteiger partial charge in [-0.25, -0.2) is 4.79 Å². The lowest BCUT2D eigenvalue weighted by Crippen LogP contribution is -2.21. The molecule has 0 saturated carbocycles. The van der Waals surface area contributed by atoms with Crippen molar-refractivity contribution in [3.63, 3.8) is 0 Å². The highest BCUT2D eigenvalue weighted by molar-refractivity contribution is 5.99. The molecule has 3 rings (SSSR count). The summed E-state index contributed by atoms with van der Waals surface area (Å²) in [6.07, 6.45) is 1.79. The molecule has 0 bridgehead atoms. The fraction of sp³-hybridized carbons (Fsp3) is 0.133. The molecule has 106 valence electrons. The minimum Gasteiger partial charge on any atom is -0.307 e. The highest BCUT2D eigenvalue weighted by Gasteiger charge is 2.09. The van der Waals surface area contributed by atoms with Crippen molar-refractivity contribution in [3.8, 4) is 0 Å². The molecule has 2 heterocycles. The number of anilines is 2. The van der Waals surface area contributed by atoms with Crippen molar-refractivity contribution < 1.29 is 4.79 Å². The number of nitrogens with zero attached hydrogens (tertiary/aromatic N) is 3. The van der Waals surface area contributed by atoms with Gasteiger partial charge < -0.3 is 5.32 Å². The van der Waals surface area contributed by atoms with Gasteiger partial charge in [0, 0.05) is 11.9 Å². The number of hydrogen-bond acceptors (Lipinski definition) is 3. The van der Waals surface area contributed by atoms with Gasteiger partial charge in [0.1, 0.15) is 0 Å². The molecule has 0 aliphatic rings. The van der Waals surface area contributed by atoms with E-state index in [1.807, 2.05) is 50.2 Å². The maximum Gasteiger partial charge on any atom is 0.326 e. The zero-order valence-corrected chi connectivity index (χ0v) is 11.8. The van der Waals surface area contributed by atoms with Crippen LogP contribution in [-0.2, 0) is 0 Å². The van der Waals surface area contributed by atoms with Gasteiger partial charge in [-0.15, -0.1) is 10.2 Å². The van der Waals surface area contributed by atoms with Crippen LogP contribution < -0.4 is 10.6 Å². The van der Waals surface area contributed by atoms with Crippen LogP contribution in [0, 0.1) is 13.8 Å². The number of rotatable bonds is 2. The molecule has 6 nitrogen and oxygen atoms in total. The first-order valence-corrected chi connectivity index (χ1v) is 6.58. The van der Waals surface area contributed by atoms with Gasteiger partial charge >= 0.3 is 6.03 Å². The van der Waals surface area contributed by atoms with Crippen molar-refractivity contribution >= 4 is 23.3 Å². The molecule has 21 heavy (non-hydrogen) atoms. The van der Waals surface area contributed by atoms with Crippen molar-refractivity contribution in [1.82, 2.24) is 14.6 Å². The van der Waals surface area contributed by atoms with E-state index in [0.717, 1.165) is 16.8 Å². The molecule has 6 heteroatoms. The zero-order chi connectivity index (χ0) is 14.8. The molecular weight excluding hydrogens is 266 g/mol. The molecule has 2 aromatic heterocycles. The Morgan fingerprint density at radius 1 is 1.10 bits per heavy atom. The van der Waals surface area contributed by atoms with E-state index in [0.29, 0.717) is 11.6 Å². The number of fused-ring (bicyclic) bond motifs is 1. The van der Waals surface area contributed by atoms with Gasteiger partial charge in [-0.05, 0) is 43.2 Å². The van der Waals surface area contributed by atoms with Crippen LogP contribution in [-0.4, -0.2) is 20.6 Å². The second-order valence-corrected chi connectivity index (χ2v) is 4.85. The Bertz CT molecular complexity index is 809. The number of carbonyl (C=O) groups is 1. The Hall–Kier alpha value is -2.89. The first-order chi connectivity index (χ1) is 10.1. The fourth-order valence-corrected chi connectivity index (χ4v) is 2.05. The number of urea groups is 1. The van der Waals surface area contributed by atoms with E-state index in [-0.39, 0.29) is 6.03 Å². The maximum absolute atomic E-state index is 12.1. The van der Waals surface area contributed by atoms with Gasteiger partial charge in [0.2, 0.25) is 5.95 Å². The first-order valence-electron chi connectivity index (χ1n) is 6.58. The zero-order valence-electron chi connectivity index (χ0n) is 11.8. The molecule has 0 aliphatic carbocycles. The van der Waals surface area contributed by atoms with Crippen LogP contribution >= 0.6 is 0 Å². The number of pyridine rings is 1. The molecule has 0 aliphatic heterocycles. The smallest absolute Gasteiger partial charge is 0.307 e. The summed E-state index contributed by atoms with van der Waals surface area (Å²) in [6, 6.07) is 11.1. The second-order valence-electron chi connectivity index (χ2n) is 4.85. The number of benzene rings is 1. The lowest BCUT2D eigenvalue weighted by molar-refractivity contribution is 0.262. The van der Waals surface area contributed by atoms with Crippen molar-refractivity contribution in [2.24, 2.45) is 0 Å². The summed E-state index contributed by atoms with van der Waals surface area (Å²) in [4.78, 5) is 12.1. The standard InChI is InChI=1S/C15H15N5O/c1-10-6-7-11(2)12(9-10)16-15(21)17-14-19-18-13-5-3-4-8-20(13)14/h3-9H,1-2H3,(H2,16,17,19,21). The molecule has 0 atom stereocenters.